The summed E-state index contributed by atoms with van der Waals surface area (Å²) in [5, 5.41) is 2.71. The van der Waals surface area contributed by atoms with Gasteiger partial charge in [0.05, 0.1) is 12.7 Å². The van der Waals surface area contributed by atoms with E-state index in [0.29, 0.717) is 28.1 Å². The molecule has 21 heavy (non-hydrogen) atoms. The molecule has 5 heteroatoms. The zero-order valence-electron chi connectivity index (χ0n) is 11.9. The number of rotatable bonds is 4. The summed E-state index contributed by atoms with van der Waals surface area (Å²) in [6, 6.07) is 9.71. The van der Waals surface area contributed by atoms with Gasteiger partial charge in [0.2, 0.25) is 0 Å². The number of hydrogen-bond donors (Lipinski definition) is 2. The maximum Gasteiger partial charge on any atom is 0.253 e. The molecule has 0 saturated carbocycles. The van der Waals surface area contributed by atoms with Crippen LogP contribution in [0.4, 0.5) is 10.1 Å². The van der Waals surface area contributed by atoms with Crippen molar-refractivity contribution < 1.29 is 13.9 Å². The highest BCUT2D eigenvalue weighted by atomic mass is 19.1. The molecule has 2 aromatic rings. The van der Waals surface area contributed by atoms with E-state index in [4.69, 9.17) is 10.5 Å². The van der Waals surface area contributed by atoms with Gasteiger partial charge in [-0.25, -0.2) is 4.39 Å². The first-order valence-electron chi connectivity index (χ1n) is 6.48. The first kappa shape index (κ1) is 14.8. The van der Waals surface area contributed by atoms with Crippen molar-refractivity contribution in [2.45, 2.75) is 13.5 Å². The third-order valence-corrected chi connectivity index (χ3v) is 3.19. The third kappa shape index (κ3) is 3.51. The first-order chi connectivity index (χ1) is 10.0. The van der Waals surface area contributed by atoms with Crippen LogP contribution in [0.3, 0.4) is 0 Å². The number of carbonyl (C=O) groups is 1. The topological polar surface area (TPSA) is 64.3 Å². The minimum absolute atomic E-state index is 0.238. The van der Waals surface area contributed by atoms with Gasteiger partial charge in [0.1, 0.15) is 11.6 Å². The molecule has 0 aliphatic carbocycles. The van der Waals surface area contributed by atoms with Crippen molar-refractivity contribution in [1.82, 2.24) is 5.32 Å². The van der Waals surface area contributed by atoms with Gasteiger partial charge in [0, 0.05) is 18.3 Å². The van der Waals surface area contributed by atoms with Crippen LogP contribution in [0, 0.1) is 12.7 Å². The maximum absolute atomic E-state index is 13.4. The van der Waals surface area contributed by atoms with Gasteiger partial charge >= 0.3 is 0 Å². The van der Waals surface area contributed by atoms with Crippen LogP contribution in [-0.2, 0) is 6.54 Å². The molecule has 110 valence electrons. The standard InChI is InChI=1S/C16H17FN2O2/c1-10-3-4-11(7-14(10)17)9-19-16(20)13-6-5-12(21-2)8-15(13)18/h3-8H,9,18H2,1-2H3,(H,19,20). The summed E-state index contributed by atoms with van der Waals surface area (Å²) in [6.07, 6.45) is 0. The fourth-order valence-electron chi connectivity index (χ4n) is 1.90. The lowest BCUT2D eigenvalue weighted by Crippen LogP contribution is -2.23. The molecule has 0 radical (unpaired) electrons. The molecule has 0 bridgehead atoms. The van der Waals surface area contributed by atoms with Crippen LogP contribution in [-0.4, -0.2) is 13.0 Å². The van der Waals surface area contributed by atoms with E-state index >= 15 is 0 Å². The van der Waals surface area contributed by atoms with Crippen molar-refractivity contribution in [3.8, 4) is 5.75 Å². The number of amides is 1. The van der Waals surface area contributed by atoms with Crippen LogP contribution >= 0.6 is 0 Å². The first-order valence-corrected chi connectivity index (χ1v) is 6.48. The zero-order chi connectivity index (χ0) is 15.4. The predicted molar refractivity (Wildman–Crippen MR) is 79.7 cm³/mol. The largest absolute Gasteiger partial charge is 0.497 e. The summed E-state index contributed by atoms with van der Waals surface area (Å²) in [5.41, 5.74) is 7.78. The Labute approximate surface area is 122 Å². The number of methoxy groups -OCH3 is 1. The van der Waals surface area contributed by atoms with Gasteiger partial charge in [-0.05, 0) is 36.2 Å². The summed E-state index contributed by atoms with van der Waals surface area (Å²) in [5.74, 6) is -0.00787. The van der Waals surface area contributed by atoms with Crippen molar-refractivity contribution in [1.29, 1.82) is 0 Å². The summed E-state index contributed by atoms with van der Waals surface area (Å²) in [7, 11) is 1.53. The molecule has 0 fully saturated rings. The molecular formula is C16H17FN2O2. The average Bonchev–Trinajstić information content (AvgIpc) is 2.48. The Kier molecular flexibility index (Phi) is 4.42. The van der Waals surface area contributed by atoms with Crippen LogP contribution in [0.2, 0.25) is 0 Å². The van der Waals surface area contributed by atoms with Gasteiger partial charge in [-0.15, -0.1) is 0 Å². The molecule has 2 rings (SSSR count). The molecule has 4 nitrogen and oxygen atoms in total. The quantitative estimate of drug-likeness (QED) is 0.850. The molecule has 2 aromatic carbocycles. The van der Waals surface area contributed by atoms with Crippen molar-refractivity contribution in [2.75, 3.05) is 12.8 Å². The highest BCUT2D eigenvalue weighted by Gasteiger charge is 2.10. The monoisotopic (exact) mass is 288 g/mol. The van der Waals surface area contributed by atoms with Gasteiger partial charge in [-0.1, -0.05) is 12.1 Å². The fourth-order valence-corrected chi connectivity index (χ4v) is 1.90. The number of anilines is 1. The number of nitrogens with two attached hydrogens (primary N) is 1. The highest BCUT2D eigenvalue weighted by molar-refractivity contribution is 5.99. The Morgan fingerprint density at radius 1 is 1.29 bits per heavy atom. The van der Waals surface area contributed by atoms with Crippen molar-refractivity contribution in [2.24, 2.45) is 0 Å². The number of benzene rings is 2. The van der Waals surface area contributed by atoms with E-state index in [-0.39, 0.29) is 18.3 Å². The van der Waals surface area contributed by atoms with E-state index in [2.05, 4.69) is 5.32 Å². The molecule has 0 aliphatic rings. The molecule has 3 N–H and O–H groups in total. The van der Waals surface area contributed by atoms with E-state index in [9.17, 15) is 9.18 Å². The Balaban J connectivity index is 2.06. The Morgan fingerprint density at radius 2 is 2.05 bits per heavy atom. The lowest BCUT2D eigenvalue weighted by atomic mass is 10.1. The van der Waals surface area contributed by atoms with Crippen LogP contribution in [0.1, 0.15) is 21.5 Å². The molecule has 1 amide bonds. The van der Waals surface area contributed by atoms with Crippen LogP contribution in [0.5, 0.6) is 5.75 Å². The molecule has 0 atom stereocenters. The van der Waals surface area contributed by atoms with Crippen LogP contribution in [0.25, 0.3) is 0 Å². The molecule has 0 unspecified atom stereocenters. The smallest absolute Gasteiger partial charge is 0.253 e. The summed E-state index contributed by atoms with van der Waals surface area (Å²) in [6.45, 7) is 1.93. The molecular weight excluding hydrogens is 271 g/mol. The van der Waals surface area contributed by atoms with E-state index in [1.165, 1.54) is 13.2 Å². The van der Waals surface area contributed by atoms with E-state index in [1.54, 1.807) is 37.3 Å². The van der Waals surface area contributed by atoms with Gasteiger partial charge in [0.25, 0.3) is 5.91 Å². The Bertz CT molecular complexity index is 671. The minimum Gasteiger partial charge on any atom is -0.497 e. The second kappa shape index (κ2) is 6.26. The minimum atomic E-state index is -0.309. The van der Waals surface area contributed by atoms with E-state index in [0.717, 1.165) is 0 Å². The predicted octanol–water partition coefficient (Wildman–Crippen LogP) is 2.65. The van der Waals surface area contributed by atoms with Crippen molar-refractivity contribution in [3.63, 3.8) is 0 Å². The molecule has 0 heterocycles. The number of ether oxygens (including phenoxy) is 1. The van der Waals surface area contributed by atoms with Gasteiger partial charge in [-0.3, -0.25) is 4.79 Å². The third-order valence-electron chi connectivity index (χ3n) is 3.19. The summed E-state index contributed by atoms with van der Waals surface area (Å²) >= 11 is 0. The number of carbonyl (C=O) groups excluding carboxylic acids is 1. The number of aryl methyl sites for hydroxylation is 1. The van der Waals surface area contributed by atoms with Gasteiger partial charge in [0.15, 0.2) is 0 Å². The van der Waals surface area contributed by atoms with Crippen LogP contribution in [0.15, 0.2) is 36.4 Å². The van der Waals surface area contributed by atoms with Gasteiger partial charge in [-0.2, -0.15) is 0 Å². The Hall–Kier alpha value is -2.56. The molecule has 0 spiro atoms. The molecule has 0 aliphatic heterocycles. The lowest BCUT2D eigenvalue weighted by molar-refractivity contribution is 0.0951. The average molecular weight is 288 g/mol. The number of nitrogen functional groups attached to an aromatic ring is 1. The normalized spacial score (nSPS) is 10.2. The van der Waals surface area contributed by atoms with Crippen molar-refractivity contribution >= 4 is 11.6 Å². The fraction of sp³-hybridized carbons (Fsp3) is 0.188. The van der Waals surface area contributed by atoms with E-state index in [1.807, 2.05) is 0 Å². The zero-order valence-corrected chi connectivity index (χ0v) is 11.9. The number of nitrogens with one attached hydrogen (secondary N) is 1. The SMILES string of the molecule is COc1ccc(C(=O)NCc2ccc(C)c(F)c2)c(N)c1. The molecule has 0 saturated heterocycles. The Morgan fingerprint density at radius 3 is 2.67 bits per heavy atom. The van der Waals surface area contributed by atoms with E-state index < -0.39 is 0 Å². The van der Waals surface area contributed by atoms with Crippen LogP contribution < -0.4 is 15.8 Å². The second-order valence-corrected chi connectivity index (χ2v) is 4.72. The lowest BCUT2D eigenvalue weighted by Gasteiger charge is -2.09. The summed E-state index contributed by atoms with van der Waals surface area (Å²) in [4.78, 5) is 12.1. The maximum atomic E-state index is 13.4. The van der Waals surface area contributed by atoms with Gasteiger partial charge < -0.3 is 15.8 Å². The highest BCUT2D eigenvalue weighted by Crippen LogP contribution is 2.19. The van der Waals surface area contributed by atoms with Crippen molar-refractivity contribution in [3.05, 3.63) is 58.9 Å². The molecule has 0 aromatic heterocycles. The second-order valence-electron chi connectivity index (χ2n) is 4.72. The summed E-state index contributed by atoms with van der Waals surface area (Å²) < 4.78 is 18.5. The number of halogens is 1. The number of hydrogen-bond acceptors (Lipinski definition) is 3.